The number of hydrogen-bond donors (Lipinski definition) is 2. The summed E-state index contributed by atoms with van der Waals surface area (Å²) in [4.78, 5) is 27.7. The average molecular weight is 359 g/mol. The van der Waals surface area contributed by atoms with Gasteiger partial charge in [0, 0.05) is 12.0 Å². The molecule has 0 aliphatic heterocycles. The lowest BCUT2D eigenvalue weighted by Crippen LogP contribution is -2.41. The zero-order chi connectivity index (χ0) is 18.5. The monoisotopic (exact) mass is 359 g/mol. The first-order chi connectivity index (χ1) is 12.5. The van der Waals surface area contributed by atoms with Crippen molar-refractivity contribution in [1.29, 1.82) is 0 Å². The van der Waals surface area contributed by atoms with E-state index < -0.39 is 17.9 Å². The summed E-state index contributed by atoms with van der Waals surface area (Å²) in [5, 5.41) is 15.6. The fourth-order valence-electron chi connectivity index (χ4n) is 2.49. The van der Waals surface area contributed by atoms with Crippen LogP contribution in [0.15, 0.2) is 28.8 Å². The minimum absolute atomic E-state index is 0.164. The fraction of sp³-hybridized carbons (Fsp3) is 0.444. The van der Waals surface area contributed by atoms with E-state index >= 15 is 0 Å². The molecule has 0 spiro atoms. The van der Waals surface area contributed by atoms with Gasteiger partial charge in [0.1, 0.15) is 11.8 Å². The van der Waals surface area contributed by atoms with Crippen LogP contribution >= 0.6 is 0 Å². The number of aliphatic carboxylic acids is 1. The summed E-state index contributed by atoms with van der Waals surface area (Å²) in [5.74, 6) is 0.553. The lowest BCUT2D eigenvalue weighted by molar-refractivity contribution is -0.139. The molecular formula is C18H21N3O5. The Morgan fingerprint density at radius 2 is 2.08 bits per heavy atom. The van der Waals surface area contributed by atoms with Crippen LogP contribution in [0.5, 0.6) is 5.75 Å². The Kier molecular flexibility index (Phi) is 5.50. The number of aryl methyl sites for hydroxylation is 1. The molecule has 8 nitrogen and oxygen atoms in total. The van der Waals surface area contributed by atoms with Crippen molar-refractivity contribution in [3.05, 3.63) is 41.5 Å². The first-order valence-corrected chi connectivity index (χ1v) is 8.63. The molecule has 1 aliphatic rings. The van der Waals surface area contributed by atoms with Gasteiger partial charge < -0.3 is 19.7 Å². The lowest BCUT2D eigenvalue weighted by Gasteiger charge is -2.14. The molecule has 3 rings (SSSR count). The second kappa shape index (κ2) is 7.99. The smallest absolute Gasteiger partial charge is 0.326 e. The van der Waals surface area contributed by atoms with Gasteiger partial charge in [0.05, 0.1) is 0 Å². The standard InChI is InChI=1S/C18H21N3O5/c1-2-16-20-15(21-26-16)10-25-13-7-5-12(6-8-13)17(22)19-14(18(23)24)9-11-3-4-11/h5-8,11,14H,2-4,9-10H2,1H3,(H,19,22)(H,23,24). The molecule has 0 saturated heterocycles. The Labute approximate surface area is 150 Å². The number of aromatic nitrogens is 2. The number of benzene rings is 1. The van der Waals surface area contributed by atoms with Crippen molar-refractivity contribution in [3.8, 4) is 5.75 Å². The Bertz CT molecular complexity index is 767. The van der Waals surface area contributed by atoms with Crippen LogP contribution in [0.1, 0.15) is 48.3 Å². The predicted octanol–water partition coefficient (Wildman–Crippen LogP) is 2.19. The largest absolute Gasteiger partial charge is 0.485 e. The molecule has 0 radical (unpaired) electrons. The van der Waals surface area contributed by atoms with Crippen molar-refractivity contribution < 1.29 is 24.0 Å². The Balaban J connectivity index is 1.53. The van der Waals surface area contributed by atoms with Crippen LogP contribution in [0.3, 0.4) is 0 Å². The molecule has 1 aromatic heterocycles. The average Bonchev–Trinajstić information content (AvgIpc) is 3.34. The molecule has 1 saturated carbocycles. The van der Waals surface area contributed by atoms with Gasteiger partial charge in [-0.25, -0.2) is 4.79 Å². The molecule has 2 aromatic rings. The molecule has 0 bridgehead atoms. The normalized spacial score (nSPS) is 14.7. The van der Waals surface area contributed by atoms with Crippen LogP contribution < -0.4 is 10.1 Å². The number of rotatable bonds is 9. The summed E-state index contributed by atoms with van der Waals surface area (Å²) >= 11 is 0. The molecule has 8 heteroatoms. The number of nitrogens with one attached hydrogen (secondary N) is 1. The van der Waals surface area contributed by atoms with E-state index in [2.05, 4.69) is 15.5 Å². The van der Waals surface area contributed by atoms with E-state index in [-0.39, 0.29) is 6.61 Å². The molecular weight excluding hydrogens is 338 g/mol. The summed E-state index contributed by atoms with van der Waals surface area (Å²) < 4.78 is 10.6. The maximum atomic E-state index is 12.2. The molecule has 26 heavy (non-hydrogen) atoms. The number of nitrogens with zero attached hydrogens (tertiary/aromatic N) is 2. The number of ether oxygens (including phenoxy) is 1. The molecule has 1 atom stereocenters. The number of amides is 1. The molecule has 2 N–H and O–H groups in total. The fourth-order valence-corrected chi connectivity index (χ4v) is 2.49. The number of carboxylic acid groups (broad SMARTS) is 1. The zero-order valence-electron chi connectivity index (χ0n) is 14.5. The van der Waals surface area contributed by atoms with Gasteiger partial charge in [-0.15, -0.1) is 0 Å². The first-order valence-electron chi connectivity index (χ1n) is 8.63. The highest BCUT2D eigenvalue weighted by atomic mass is 16.5. The number of carboxylic acids is 1. The topological polar surface area (TPSA) is 115 Å². The third kappa shape index (κ3) is 4.81. The number of carbonyl (C=O) groups excluding carboxylic acids is 1. The van der Waals surface area contributed by atoms with E-state index in [4.69, 9.17) is 9.26 Å². The Hall–Kier alpha value is -2.90. The molecule has 1 aliphatic carbocycles. The summed E-state index contributed by atoms with van der Waals surface area (Å²) in [6.07, 6.45) is 3.21. The van der Waals surface area contributed by atoms with E-state index in [1.165, 1.54) is 0 Å². The van der Waals surface area contributed by atoms with Gasteiger partial charge in [0.2, 0.25) is 11.7 Å². The van der Waals surface area contributed by atoms with E-state index in [1.807, 2.05) is 6.92 Å². The summed E-state index contributed by atoms with van der Waals surface area (Å²) in [7, 11) is 0. The maximum Gasteiger partial charge on any atom is 0.326 e. The lowest BCUT2D eigenvalue weighted by atomic mass is 10.1. The van der Waals surface area contributed by atoms with E-state index in [0.29, 0.717) is 41.8 Å². The van der Waals surface area contributed by atoms with Crippen LogP contribution in [0.4, 0.5) is 0 Å². The molecule has 1 fully saturated rings. The van der Waals surface area contributed by atoms with Crippen molar-refractivity contribution in [3.63, 3.8) is 0 Å². The SMILES string of the molecule is CCc1nc(COc2ccc(C(=O)NC(CC3CC3)C(=O)O)cc2)no1. The summed E-state index contributed by atoms with van der Waals surface area (Å²) in [6.45, 7) is 2.08. The number of hydrogen-bond acceptors (Lipinski definition) is 6. The zero-order valence-corrected chi connectivity index (χ0v) is 14.5. The summed E-state index contributed by atoms with van der Waals surface area (Å²) in [5.41, 5.74) is 0.382. The van der Waals surface area contributed by atoms with Gasteiger partial charge in [0.15, 0.2) is 6.61 Å². The summed E-state index contributed by atoms with van der Waals surface area (Å²) in [6, 6.07) is 5.62. The second-order valence-corrected chi connectivity index (χ2v) is 6.31. The molecule has 1 amide bonds. The number of carbonyl (C=O) groups is 2. The third-order valence-corrected chi connectivity index (χ3v) is 4.17. The van der Waals surface area contributed by atoms with E-state index in [1.54, 1.807) is 24.3 Å². The van der Waals surface area contributed by atoms with Crippen molar-refractivity contribution in [2.45, 2.75) is 45.3 Å². The minimum Gasteiger partial charge on any atom is -0.485 e. The van der Waals surface area contributed by atoms with Crippen molar-refractivity contribution >= 4 is 11.9 Å². The van der Waals surface area contributed by atoms with E-state index in [9.17, 15) is 14.7 Å². The van der Waals surface area contributed by atoms with Crippen molar-refractivity contribution in [1.82, 2.24) is 15.5 Å². The van der Waals surface area contributed by atoms with Gasteiger partial charge in [0.25, 0.3) is 5.91 Å². The van der Waals surface area contributed by atoms with Gasteiger partial charge in [-0.2, -0.15) is 4.98 Å². The van der Waals surface area contributed by atoms with Gasteiger partial charge in [-0.1, -0.05) is 24.9 Å². The van der Waals surface area contributed by atoms with Gasteiger partial charge in [-0.3, -0.25) is 4.79 Å². The molecule has 1 heterocycles. The molecule has 1 unspecified atom stereocenters. The van der Waals surface area contributed by atoms with Crippen LogP contribution in [0.2, 0.25) is 0 Å². The van der Waals surface area contributed by atoms with Crippen LogP contribution in [0, 0.1) is 5.92 Å². The first kappa shape index (κ1) is 17.9. The Morgan fingerprint density at radius 1 is 1.35 bits per heavy atom. The maximum absolute atomic E-state index is 12.2. The Morgan fingerprint density at radius 3 is 2.65 bits per heavy atom. The predicted molar refractivity (Wildman–Crippen MR) is 90.7 cm³/mol. The van der Waals surface area contributed by atoms with Crippen LogP contribution in [-0.2, 0) is 17.8 Å². The quantitative estimate of drug-likeness (QED) is 0.705. The highest BCUT2D eigenvalue weighted by Gasteiger charge is 2.30. The van der Waals surface area contributed by atoms with Crippen LogP contribution in [-0.4, -0.2) is 33.2 Å². The second-order valence-electron chi connectivity index (χ2n) is 6.31. The highest BCUT2D eigenvalue weighted by molar-refractivity contribution is 5.96. The van der Waals surface area contributed by atoms with Crippen molar-refractivity contribution in [2.24, 2.45) is 5.92 Å². The van der Waals surface area contributed by atoms with Crippen LogP contribution in [0.25, 0.3) is 0 Å². The third-order valence-electron chi connectivity index (χ3n) is 4.17. The minimum atomic E-state index is -1.00. The van der Waals surface area contributed by atoms with E-state index in [0.717, 1.165) is 12.8 Å². The molecule has 1 aromatic carbocycles. The van der Waals surface area contributed by atoms with Gasteiger partial charge >= 0.3 is 5.97 Å². The van der Waals surface area contributed by atoms with Crippen molar-refractivity contribution in [2.75, 3.05) is 0 Å². The van der Waals surface area contributed by atoms with Gasteiger partial charge in [-0.05, 0) is 36.6 Å². The highest BCUT2D eigenvalue weighted by Crippen LogP contribution is 2.33. The molecule has 138 valence electrons.